The van der Waals surface area contributed by atoms with Gasteiger partial charge in [-0.25, -0.2) is 12.8 Å². The minimum absolute atomic E-state index is 0.0435. The number of hydrogen-bond donors (Lipinski definition) is 1. The van der Waals surface area contributed by atoms with Crippen LogP contribution in [0.3, 0.4) is 0 Å². The molecule has 0 spiro atoms. The van der Waals surface area contributed by atoms with Crippen LogP contribution in [0.15, 0.2) is 23.1 Å². The molecule has 25 heavy (non-hydrogen) atoms. The Bertz CT molecular complexity index is 726. The van der Waals surface area contributed by atoms with Gasteiger partial charge in [0.15, 0.2) is 0 Å². The van der Waals surface area contributed by atoms with Crippen molar-refractivity contribution in [3.8, 4) is 0 Å². The van der Waals surface area contributed by atoms with Gasteiger partial charge in [0.2, 0.25) is 10.0 Å². The summed E-state index contributed by atoms with van der Waals surface area (Å²) >= 11 is 0. The fourth-order valence-corrected chi connectivity index (χ4v) is 4.74. The Hall–Kier alpha value is -1.51. The first-order valence-corrected chi connectivity index (χ1v) is 10.1. The van der Waals surface area contributed by atoms with Crippen LogP contribution < -0.4 is 5.32 Å². The van der Waals surface area contributed by atoms with Crippen molar-refractivity contribution < 1.29 is 22.3 Å². The van der Waals surface area contributed by atoms with Gasteiger partial charge in [-0.1, -0.05) is 6.42 Å². The van der Waals surface area contributed by atoms with Crippen molar-refractivity contribution in [1.29, 1.82) is 0 Å². The molecule has 1 atom stereocenters. The normalized spacial score (nSPS) is 22.0. The van der Waals surface area contributed by atoms with Crippen LogP contribution in [0.25, 0.3) is 0 Å². The van der Waals surface area contributed by atoms with Gasteiger partial charge >= 0.3 is 0 Å². The molecule has 3 rings (SSSR count). The third-order valence-electron chi connectivity index (χ3n) is 4.65. The third kappa shape index (κ3) is 4.19. The number of benzene rings is 1. The lowest BCUT2D eigenvalue weighted by Crippen LogP contribution is -2.36. The number of carbonyl (C=O) groups is 1. The molecule has 0 bridgehead atoms. The highest BCUT2D eigenvalue weighted by atomic mass is 32.2. The fraction of sp³-hybridized carbons (Fsp3) is 0.588. The summed E-state index contributed by atoms with van der Waals surface area (Å²) in [7, 11) is -3.70. The molecule has 1 amide bonds. The quantitative estimate of drug-likeness (QED) is 0.859. The predicted octanol–water partition coefficient (Wildman–Crippen LogP) is 1.91. The van der Waals surface area contributed by atoms with E-state index in [2.05, 4.69) is 5.32 Å². The molecular weight excluding hydrogens is 347 g/mol. The molecule has 6 nitrogen and oxygen atoms in total. The van der Waals surface area contributed by atoms with Crippen LogP contribution in [-0.2, 0) is 14.8 Å². The number of piperidine rings is 1. The smallest absolute Gasteiger partial charge is 0.254 e. The van der Waals surface area contributed by atoms with Gasteiger partial charge < -0.3 is 10.1 Å². The van der Waals surface area contributed by atoms with E-state index in [1.54, 1.807) is 0 Å². The molecule has 138 valence electrons. The molecule has 0 aliphatic carbocycles. The van der Waals surface area contributed by atoms with Gasteiger partial charge in [-0.2, -0.15) is 4.31 Å². The second-order valence-corrected chi connectivity index (χ2v) is 8.39. The lowest BCUT2D eigenvalue weighted by molar-refractivity contribution is 0.0854. The maximum Gasteiger partial charge on any atom is 0.254 e. The van der Waals surface area contributed by atoms with Crippen molar-refractivity contribution in [3.63, 3.8) is 0 Å². The van der Waals surface area contributed by atoms with E-state index in [0.717, 1.165) is 44.2 Å². The summed E-state index contributed by atoms with van der Waals surface area (Å²) in [4.78, 5) is 12.2. The number of hydrogen-bond acceptors (Lipinski definition) is 4. The van der Waals surface area contributed by atoms with E-state index >= 15 is 0 Å². The summed E-state index contributed by atoms with van der Waals surface area (Å²) in [6, 6.07) is 3.39. The SMILES string of the molecule is O=C(NC[C@@H]1CCCO1)c1cc(S(=O)(=O)N2CCCCC2)ccc1F. The first kappa shape index (κ1) is 18.3. The van der Waals surface area contributed by atoms with E-state index in [4.69, 9.17) is 4.74 Å². The monoisotopic (exact) mass is 370 g/mol. The minimum atomic E-state index is -3.70. The molecule has 1 N–H and O–H groups in total. The van der Waals surface area contributed by atoms with Gasteiger partial charge in [-0.15, -0.1) is 0 Å². The number of rotatable bonds is 5. The molecule has 1 aromatic rings. The lowest BCUT2D eigenvalue weighted by atomic mass is 10.2. The van der Waals surface area contributed by atoms with Crippen molar-refractivity contribution >= 4 is 15.9 Å². The van der Waals surface area contributed by atoms with E-state index in [9.17, 15) is 17.6 Å². The Morgan fingerprint density at radius 2 is 2.00 bits per heavy atom. The molecule has 2 saturated heterocycles. The summed E-state index contributed by atoms with van der Waals surface area (Å²) in [6.07, 6.45) is 4.37. The van der Waals surface area contributed by atoms with Crippen molar-refractivity contribution in [2.24, 2.45) is 0 Å². The molecule has 0 aromatic heterocycles. The summed E-state index contributed by atoms with van der Waals surface area (Å²) in [5, 5.41) is 2.63. The highest BCUT2D eigenvalue weighted by Gasteiger charge is 2.27. The maximum absolute atomic E-state index is 14.1. The fourth-order valence-electron chi connectivity index (χ4n) is 3.20. The first-order valence-electron chi connectivity index (χ1n) is 8.68. The van der Waals surface area contributed by atoms with Crippen molar-refractivity contribution in [2.45, 2.75) is 43.1 Å². The van der Waals surface area contributed by atoms with Crippen molar-refractivity contribution in [2.75, 3.05) is 26.2 Å². The average molecular weight is 370 g/mol. The summed E-state index contributed by atoms with van der Waals surface area (Å²) in [5.74, 6) is -1.36. The molecule has 2 aliphatic rings. The largest absolute Gasteiger partial charge is 0.376 e. The Labute approximate surface area is 147 Å². The van der Waals surface area contributed by atoms with E-state index in [-0.39, 0.29) is 16.6 Å². The highest BCUT2D eigenvalue weighted by molar-refractivity contribution is 7.89. The zero-order chi connectivity index (χ0) is 17.9. The number of sulfonamides is 1. The number of halogens is 1. The van der Waals surface area contributed by atoms with E-state index in [1.807, 2.05) is 0 Å². The number of carbonyl (C=O) groups excluding carboxylic acids is 1. The highest BCUT2D eigenvalue weighted by Crippen LogP contribution is 2.22. The maximum atomic E-state index is 14.1. The van der Waals surface area contributed by atoms with Crippen molar-refractivity contribution in [1.82, 2.24) is 9.62 Å². The molecule has 0 saturated carbocycles. The van der Waals surface area contributed by atoms with E-state index in [0.29, 0.717) is 26.2 Å². The van der Waals surface area contributed by atoms with E-state index in [1.165, 1.54) is 10.4 Å². The van der Waals surface area contributed by atoms with Gasteiger partial charge in [0, 0.05) is 26.2 Å². The van der Waals surface area contributed by atoms with Gasteiger partial charge in [-0.3, -0.25) is 4.79 Å². The number of ether oxygens (including phenoxy) is 1. The second kappa shape index (κ2) is 7.80. The standard InChI is InChI=1S/C17H23FN2O4S/c18-16-7-6-14(25(22,23)20-8-2-1-3-9-20)11-15(16)17(21)19-12-13-5-4-10-24-13/h6-7,11,13H,1-5,8-10,12H2,(H,19,21)/t13-/m0/s1. The number of nitrogens with one attached hydrogen (secondary N) is 1. The molecular formula is C17H23FN2O4S. The summed E-state index contributed by atoms with van der Waals surface area (Å²) in [5.41, 5.74) is -0.254. The van der Waals surface area contributed by atoms with Crippen LogP contribution in [0.1, 0.15) is 42.5 Å². The number of amides is 1. The van der Waals surface area contributed by atoms with E-state index < -0.39 is 21.7 Å². The van der Waals surface area contributed by atoms with Crippen LogP contribution in [0.4, 0.5) is 4.39 Å². The molecule has 0 radical (unpaired) electrons. The summed E-state index contributed by atoms with van der Waals surface area (Å²) in [6.45, 7) is 1.88. The van der Waals surface area contributed by atoms with Crippen LogP contribution >= 0.6 is 0 Å². The van der Waals surface area contributed by atoms with Crippen LogP contribution in [-0.4, -0.2) is 51.0 Å². The molecule has 1 aromatic carbocycles. The average Bonchev–Trinajstić information content (AvgIpc) is 3.14. The Morgan fingerprint density at radius 3 is 2.68 bits per heavy atom. The third-order valence-corrected chi connectivity index (χ3v) is 6.54. The predicted molar refractivity (Wildman–Crippen MR) is 90.3 cm³/mol. The number of nitrogens with zero attached hydrogens (tertiary/aromatic N) is 1. The second-order valence-electron chi connectivity index (χ2n) is 6.45. The Kier molecular flexibility index (Phi) is 5.71. The molecule has 2 aliphatic heterocycles. The first-order chi connectivity index (χ1) is 12.0. The minimum Gasteiger partial charge on any atom is -0.376 e. The topological polar surface area (TPSA) is 75.7 Å². The molecule has 2 heterocycles. The molecule has 8 heteroatoms. The van der Waals surface area contributed by atoms with Crippen LogP contribution in [0.2, 0.25) is 0 Å². The van der Waals surface area contributed by atoms with Crippen LogP contribution in [0, 0.1) is 5.82 Å². The zero-order valence-electron chi connectivity index (χ0n) is 14.0. The van der Waals surface area contributed by atoms with Crippen LogP contribution in [0.5, 0.6) is 0 Å². The summed E-state index contributed by atoms with van der Waals surface area (Å²) < 4.78 is 46.3. The van der Waals surface area contributed by atoms with Gasteiger partial charge in [0.05, 0.1) is 16.6 Å². The van der Waals surface area contributed by atoms with Gasteiger partial charge in [0.25, 0.3) is 5.91 Å². The van der Waals surface area contributed by atoms with Gasteiger partial charge in [0.1, 0.15) is 5.82 Å². The Morgan fingerprint density at radius 1 is 1.24 bits per heavy atom. The van der Waals surface area contributed by atoms with Gasteiger partial charge in [-0.05, 0) is 43.9 Å². The lowest BCUT2D eigenvalue weighted by Gasteiger charge is -2.26. The van der Waals surface area contributed by atoms with Crippen molar-refractivity contribution in [3.05, 3.63) is 29.6 Å². The molecule has 2 fully saturated rings. The zero-order valence-corrected chi connectivity index (χ0v) is 14.9. The molecule has 0 unspecified atom stereocenters. The Balaban J connectivity index is 1.76.